The van der Waals surface area contributed by atoms with Gasteiger partial charge in [-0.3, -0.25) is 9.48 Å². The molecule has 6 nitrogen and oxygen atoms in total. The van der Waals surface area contributed by atoms with E-state index >= 15 is 0 Å². The molecule has 7 heteroatoms. The van der Waals surface area contributed by atoms with Crippen molar-refractivity contribution in [2.75, 3.05) is 0 Å². The molecule has 0 aliphatic rings. The Balaban J connectivity index is 2.29. The van der Waals surface area contributed by atoms with Crippen molar-refractivity contribution in [2.24, 2.45) is 7.05 Å². The van der Waals surface area contributed by atoms with Crippen molar-refractivity contribution >= 4 is 28.7 Å². The van der Waals surface area contributed by atoms with E-state index in [1.165, 1.54) is 0 Å². The largest absolute Gasteiger partial charge is 0.354 e. The van der Waals surface area contributed by atoms with E-state index in [2.05, 4.69) is 22.3 Å². The maximum Gasteiger partial charge on any atom is 0.221 e. The number of halogens is 1. The third kappa shape index (κ3) is 3.20. The minimum atomic E-state index is 0.0326. The number of hydrogen-bond acceptors (Lipinski definition) is 3. The standard InChI is InChI=1S/C14H22ClN5O/c1-5-10-13-14(19(4)18-10)20(11(8-15)17-13)7-6-12(21)16-9(2)3/h9H,5-8H2,1-4H3,(H,16,21). The van der Waals surface area contributed by atoms with Gasteiger partial charge in [-0.15, -0.1) is 11.6 Å². The summed E-state index contributed by atoms with van der Waals surface area (Å²) in [5.41, 5.74) is 2.78. The van der Waals surface area contributed by atoms with Crippen molar-refractivity contribution < 1.29 is 4.79 Å². The first-order chi connectivity index (χ1) is 9.97. The summed E-state index contributed by atoms with van der Waals surface area (Å²) in [6.45, 7) is 6.51. The predicted octanol–water partition coefficient (Wildman–Crippen LogP) is 1.99. The molecule has 2 rings (SSSR count). The number of carbonyl (C=O) groups excluding carboxylic acids is 1. The highest BCUT2D eigenvalue weighted by Gasteiger charge is 2.18. The van der Waals surface area contributed by atoms with E-state index < -0.39 is 0 Å². The highest BCUT2D eigenvalue weighted by Crippen LogP contribution is 2.21. The van der Waals surface area contributed by atoms with Crippen molar-refractivity contribution in [3.8, 4) is 0 Å². The quantitative estimate of drug-likeness (QED) is 0.830. The molecule has 0 aliphatic heterocycles. The Hall–Kier alpha value is -1.56. The van der Waals surface area contributed by atoms with Crippen LogP contribution in [0.5, 0.6) is 0 Å². The van der Waals surface area contributed by atoms with E-state index in [4.69, 9.17) is 11.6 Å². The van der Waals surface area contributed by atoms with Crippen molar-refractivity contribution in [3.05, 3.63) is 11.5 Å². The van der Waals surface area contributed by atoms with Gasteiger partial charge < -0.3 is 9.88 Å². The predicted molar refractivity (Wildman–Crippen MR) is 83.3 cm³/mol. The van der Waals surface area contributed by atoms with Gasteiger partial charge in [0.05, 0.1) is 11.6 Å². The molecule has 0 bridgehead atoms. The van der Waals surface area contributed by atoms with Crippen LogP contribution >= 0.6 is 11.6 Å². The number of nitrogens with one attached hydrogen (secondary N) is 1. The van der Waals surface area contributed by atoms with Gasteiger partial charge in [-0.1, -0.05) is 6.92 Å². The Bertz CT molecular complexity index is 643. The molecular weight excluding hydrogens is 290 g/mol. The zero-order chi connectivity index (χ0) is 15.6. The molecule has 2 heterocycles. The van der Waals surface area contributed by atoms with Gasteiger partial charge in [-0.25, -0.2) is 4.98 Å². The summed E-state index contributed by atoms with van der Waals surface area (Å²) in [5.74, 6) is 1.14. The molecule has 1 N–H and O–H groups in total. The van der Waals surface area contributed by atoms with Gasteiger partial charge in [0.2, 0.25) is 5.91 Å². The summed E-state index contributed by atoms with van der Waals surface area (Å²) in [4.78, 5) is 16.4. The first-order valence-corrected chi connectivity index (χ1v) is 7.77. The maximum atomic E-state index is 11.8. The summed E-state index contributed by atoms with van der Waals surface area (Å²) in [5, 5.41) is 7.36. The fraction of sp³-hybridized carbons (Fsp3) is 0.643. The van der Waals surface area contributed by atoms with E-state index in [1.54, 1.807) is 0 Å². The zero-order valence-corrected chi connectivity index (χ0v) is 13.7. The number of hydrogen-bond donors (Lipinski definition) is 1. The SMILES string of the molecule is CCc1nn(C)c2c1nc(CCl)n2CCC(=O)NC(C)C. The van der Waals surface area contributed by atoms with Gasteiger partial charge in [0, 0.05) is 26.1 Å². The topological polar surface area (TPSA) is 64.7 Å². The van der Waals surface area contributed by atoms with Crippen LogP contribution in [0.15, 0.2) is 0 Å². The first-order valence-electron chi connectivity index (χ1n) is 7.24. The molecular formula is C14H22ClN5O. The van der Waals surface area contributed by atoms with Crippen LogP contribution < -0.4 is 5.32 Å². The molecule has 1 amide bonds. The second-order valence-electron chi connectivity index (χ2n) is 5.38. The third-order valence-corrected chi connectivity index (χ3v) is 3.58. The van der Waals surface area contributed by atoms with Gasteiger partial charge in [-0.05, 0) is 20.3 Å². The number of fused-ring (bicyclic) bond motifs is 1. The number of aryl methyl sites for hydroxylation is 3. The fourth-order valence-electron chi connectivity index (χ4n) is 2.47. The zero-order valence-electron chi connectivity index (χ0n) is 13.0. The molecule has 21 heavy (non-hydrogen) atoms. The first kappa shape index (κ1) is 15.8. The summed E-state index contributed by atoms with van der Waals surface area (Å²) in [6, 6.07) is 0.149. The van der Waals surface area contributed by atoms with E-state index in [1.807, 2.05) is 30.1 Å². The lowest BCUT2D eigenvalue weighted by molar-refractivity contribution is -0.121. The molecule has 116 valence electrons. The normalized spacial score (nSPS) is 11.5. The smallest absolute Gasteiger partial charge is 0.221 e. The number of nitrogens with zero attached hydrogens (tertiary/aromatic N) is 4. The fourth-order valence-corrected chi connectivity index (χ4v) is 2.67. The highest BCUT2D eigenvalue weighted by atomic mass is 35.5. The van der Waals surface area contributed by atoms with E-state index in [-0.39, 0.29) is 11.9 Å². The van der Waals surface area contributed by atoms with Crippen LogP contribution in [0, 0.1) is 0 Å². The maximum absolute atomic E-state index is 11.8. The minimum Gasteiger partial charge on any atom is -0.354 e. The summed E-state index contributed by atoms with van der Waals surface area (Å²) in [6.07, 6.45) is 1.23. The second-order valence-corrected chi connectivity index (χ2v) is 5.65. The van der Waals surface area contributed by atoms with Gasteiger partial charge in [0.25, 0.3) is 0 Å². The number of carbonyl (C=O) groups is 1. The second kappa shape index (κ2) is 6.47. The number of aromatic nitrogens is 4. The third-order valence-electron chi connectivity index (χ3n) is 3.34. The minimum absolute atomic E-state index is 0.0326. The lowest BCUT2D eigenvalue weighted by atomic mass is 10.3. The molecule has 0 fully saturated rings. The lowest BCUT2D eigenvalue weighted by Gasteiger charge is -2.10. The summed E-state index contributed by atoms with van der Waals surface area (Å²) in [7, 11) is 1.89. The Morgan fingerprint density at radius 3 is 2.71 bits per heavy atom. The number of rotatable bonds is 6. The molecule has 0 radical (unpaired) electrons. The van der Waals surface area contributed by atoms with Crippen molar-refractivity contribution in [3.63, 3.8) is 0 Å². The van der Waals surface area contributed by atoms with Gasteiger partial charge in [0.15, 0.2) is 5.65 Å². The van der Waals surface area contributed by atoms with Gasteiger partial charge in [-0.2, -0.15) is 5.10 Å². The molecule has 0 spiro atoms. The Kier molecular flexibility index (Phi) is 4.88. The monoisotopic (exact) mass is 311 g/mol. The van der Waals surface area contributed by atoms with Crippen LogP contribution in [0.3, 0.4) is 0 Å². The molecule has 0 saturated carbocycles. The van der Waals surface area contributed by atoms with Crippen LogP contribution in [0.1, 0.15) is 38.7 Å². The van der Waals surface area contributed by atoms with Crippen LogP contribution in [0.2, 0.25) is 0 Å². The van der Waals surface area contributed by atoms with Crippen molar-refractivity contribution in [1.82, 2.24) is 24.6 Å². The van der Waals surface area contributed by atoms with Crippen LogP contribution in [0.4, 0.5) is 0 Å². The van der Waals surface area contributed by atoms with Crippen molar-refractivity contribution in [1.29, 1.82) is 0 Å². The molecule has 0 saturated heterocycles. The molecule has 0 aliphatic carbocycles. The van der Waals surface area contributed by atoms with Gasteiger partial charge >= 0.3 is 0 Å². The number of amides is 1. The van der Waals surface area contributed by atoms with Crippen LogP contribution in [-0.4, -0.2) is 31.3 Å². The van der Waals surface area contributed by atoms with E-state index in [9.17, 15) is 4.79 Å². The molecule has 0 aromatic carbocycles. The van der Waals surface area contributed by atoms with Crippen LogP contribution in [-0.2, 0) is 30.7 Å². The molecule has 0 unspecified atom stereocenters. The molecule has 2 aromatic rings. The Labute approximate surface area is 129 Å². The summed E-state index contributed by atoms with van der Waals surface area (Å²) < 4.78 is 3.81. The Morgan fingerprint density at radius 2 is 2.14 bits per heavy atom. The number of imidazole rings is 1. The lowest BCUT2D eigenvalue weighted by Crippen LogP contribution is -2.30. The van der Waals surface area contributed by atoms with E-state index in [0.29, 0.717) is 18.8 Å². The number of alkyl halides is 1. The highest BCUT2D eigenvalue weighted by molar-refractivity contribution is 6.16. The van der Waals surface area contributed by atoms with Gasteiger partial charge in [0.1, 0.15) is 11.3 Å². The summed E-state index contributed by atoms with van der Waals surface area (Å²) >= 11 is 5.99. The average Bonchev–Trinajstić information content (AvgIpc) is 2.93. The average molecular weight is 312 g/mol. The van der Waals surface area contributed by atoms with E-state index in [0.717, 1.165) is 29.1 Å². The molecule has 0 atom stereocenters. The van der Waals surface area contributed by atoms with Crippen molar-refractivity contribution in [2.45, 2.75) is 52.1 Å². The molecule has 2 aromatic heterocycles. The Morgan fingerprint density at radius 1 is 1.43 bits per heavy atom. The van der Waals surface area contributed by atoms with Crippen LogP contribution in [0.25, 0.3) is 11.2 Å².